The number of nitrogens with two attached hydrogens (primary N) is 1. The maximum absolute atomic E-state index is 10.6. The van der Waals surface area contributed by atoms with Gasteiger partial charge < -0.3 is 14.9 Å². The molecule has 0 aliphatic rings. The van der Waals surface area contributed by atoms with Crippen molar-refractivity contribution in [2.24, 2.45) is 5.73 Å². The summed E-state index contributed by atoms with van der Waals surface area (Å²) in [5, 5.41) is 17.0. The molecular weight excluding hydrogens is 178 g/mol. The average molecular weight is 191 g/mol. The molecular formula is C7H13NO5. The molecule has 76 valence electrons. The van der Waals surface area contributed by atoms with Crippen LogP contribution in [0.1, 0.15) is 19.8 Å². The van der Waals surface area contributed by atoms with Crippen molar-refractivity contribution in [2.75, 3.05) is 6.61 Å². The monoisotopic (exact) mass is 191 g/mol. The Hall–Kier alpha value is -1.14. The van der Waals surface area contributed by atoms with Crippen molar-refractivity contribution < 1.29 is 24.5 Å². The van der Waals surface area contributed by atoms with Gasteiger partial charge in [0.05, 0.1) is 0 Å². The van der Waals surface area contributed by atoms with Crippen molar-refractivity contribution in [3.8, 4) is 0 Å². The highest BCUT2D eigenvalue weighted by atomic mass is 16.5. The molecule has 6 nitrogen and oxygen atoms in total. The Balaban J connectivity index is 4.24. The van der Waals surface area contributed by atoms with E-state index in [0.717, 1.165) is 0 Å². The summed E-state index contributed by atoms with van der Waals surface area (Å²) in [5.41, 5.74) is 3.43. The Bertz CT molecular complexity index is 205. The van der Waals surface area contributed by atoms with Crippen LogP contribution in [0.2, 0.25) is 0 Å². The van der Waals surface area contributed by atoms with Gasteiger partial charge in [-0.2, -0.15) is 0 Å². The predicted molar refractivity (Wildman–Crippen MR) is 43.0 cm³/mol. The van der Waals surface area contributed by atoms with Crippen molar-refractivity contribution in [1.29, 1.82) is 0 Å². The second-order valence-corrected chi connectivity index (χ2v) is 2.52. The molecule has 0 aliphatic carbocycles. The van der Waals surface area contributed by atoms with Gasteiger partial charge in [-0.15, -0.1) is 0 Å². The average Bonchev–Trinajstić information content (AvgIpc) is 2.01. The smallest absolute Gasteiger partial charge is 0.351 e. The van der Waals surface area contributed by atoms with Crippen LogP contribution in [-0.2, 0) is 14.3 Å². The highest BCUT2D eigenvalue weighted by Gasteiger charge is 2.34. The lowest BCUT2D eigenvalue weighted by molar-refractivity contribution is -0.166. The van der Waals surface area contributed by atoms with Crippen LogP contribution in [0.25, 0.3) is 0 Å². The van der Waals surface area contributed by atoms with Crippen LogP contribution >= 0.6 is 0 Å². The molecule has 0 bridgehead atoms. The summed E-state index contributed by atoms with van der Waals surface area (Å²) < 4.78 is 4.76. The molecule has 1 unspecified atom stereocenters. The van der Waals surface area contributed by atoms with Gasteiger partial charge in [0.2, 0.25) is 5.72 Å². The Kier molecular flexibility index (Phi) is 4.36. The minimum absolute atomic E-state index is 0.127. The predicted octanol–water partition coefficient (Wildman–Crippen LogP) is -0.373. The molecule has 0 heterocycles. The molecule has 0 aromatic rings. The Morgan fingerprint density at radius 2 is 2.00 bits per heavy atom. The van der Waals surface area contributed by atoms with Crippen molar-refractivity contribution in [3.63, 3.8) is 0 Å². The van der Waals surface area contributed by atoms with E-state index < -0.39 is 17.7 Å². The first-order valence-electron chi connectivity index (χ1n) is 3.80. The highest BCUT2D eigenvalue weighted by molar-refractivity contribution is 5.77. The van der Waals surface area contributed by atoms with E-state index in [1.54, 1.807) is 6.92 Å². The Morgan fingerprint density at radius 3 is 2.31 bits per heavy atom. The molecule has 0 spiro atoms. The lowest BCUT2D eigenvalue weighted by Crippen LogP contribution is -2.50. The van der Waals surface area contributed by atoms with Crippen molar-refractivity contribution in [2.45, 2.75) is 25.5 Å². The summed E-state index contributed by atoms with van der Waals surface area (Å²) in [5.74, 6) is -2.45. The molecule has 0 aromatic carbocycles. The van der Waals surface area contributed by atoms with E-state index in [9.17, 15) is 9.59 Å². The number of hydrogen-bond donors (Lipinski definition) is 3. The third-order valence-corrected chi connectivity index (χ3v) is 1.47. The number of carboxylic acids is 2. The minimum Gasteiger partial charge on any atom is -0.481 e. The molecule has 0 aliphatic heterocycles. The zero-order valence-corrected chi connectivity index (χ0v) is 7.32. The fourth-order valence-electron chi connectivity index (χ4n) is 0.791. The number of aliphatic carboxylic acids is 2. The van der Waals surface area contributed by atoms with Gasteiger partial charge in [-0.1, -0.05) is 0 Å². The standard InChI is InChI=1S/C7H13NO5/c1-2-13-7(8,6(11)12)4-3-5(9)10/h2-4,8H2,1H3,(H,9,10)(H,11,12). The first kappa shape index (κ1) is 11.9. The zero-order chi connectivity index (χ0) is 10.5. The fraction of sp³-hybridized carbons (Fsp3) is 0.714. The molecule has 4 N–H and O–H groups in total. The zero-order valence-electron chi connectivity index (χ0n) is 7.32. The van der Waals surface area contributed by atoms with Crippen LogP contribution in [-0.4, -0.2) is 34.5 Å². The number of rotatable bonds is 6. The van der Waals surface area contributed by atoms with E-state index in [4.69, 9.17) is 20.7 Å². The molecule has 0 saturated heterocycles. The Morgan fingerprint density at radius 1 is 1.46 bits per heavy atom. The van der Waals surface area contributed by atoms with Gasteiger partial charge >= 0.3 is 11.9 Å². The van der Waals surface area contributed by atoms with E-state index in [0.29, 0.717) is 0 Å². The topological polar surface area (TPSA) is 110 Å². The first-order chi connectivity index (χ1) is 5.92. The van der Waals surface area contributed by atoms with Gasteiger partial charge in [0.25, 0.3) is 0 Å². The van der Waals surface area contributed by atoms with Crippen LogP contribution < -0.4 is 5.73 Å². The summed E-state index contributed by atoms with van der Waals surface area (Å²) in [6.45, 7) is 1.72. The number of carboxylic acid groups (broad SMARTS) is 2. The van der Waals surface area contributed by atoms with Gasteiger partial charge in [0.1, 0.15) is 0 Å². The lowest BCUT2D eigenvalue weighted by atomic mass is 10.1. The SMILES string of the molecule is CCOC(N)(CCC(=O)O)C(=O)O. The highest BCUT2D eigenvalue weighted by Crippen LogP contribution is 2.11. The van der Waals surface area contributed by atoms with Crippen LogP contribution in [0, 0.1) is 0 Å². The van der Waals surface area contributed by atoms with Crippen molar-refractivity contribution in [1.82, 2.24) is 0 Å². The third-order valence-electron chi connectivity index (χ3n) is 1.47. The van der Waals surface area contributed by atoms with E-state index in [1.165, 1.54) is 0 Å². The number of ether oxygens (including phenoxy) is 1. The van der Waals surface area contributed by atoms with Crippen LogP contribution in [0.15, 0.2) is 0 Å². The molecule has 0 aromatic heterocycles. The molecule has 6 heteroatoms. The van der Waals surface area contributed by atoms with E-state index in [1.807, 2.05) is 0 Å². The second kappa shape index (κ2) is 4.78. The van der Waals surface area contributed by atoms with Crippen molar-refractivity contribution >= 4 is 11.9 Å². The first-order valence-corrected chi connectivity index (χ1v) is 3.80. The van der Waals surface area contributed by atoms with Crippen LogP contribution in [0.4, 0.5) is 0 Å². The minimum atomic E-state index is -1.88. The van der Waals surface area contributed by atoms with Gasteiger partial charge in [0, 0.05) is 19.4 Å². The molecule has 0 saturated carbocycles. The molecule has 0 amide bonds. The van der Waals surface area contributed by atoms with Gasteiger partial charge in [-0.25, -0.2) is 4.79 Å². The lowest BCUT2D eigenvalue weighted by Gasteiger charge is -2.23. The van der Waals surface area contributed by atoms with E-state index >= 15 is 0 Å². The molecule has 13 heavy (non-hydrogen) atoms. The van der Waals surface area contributed by atoms with Crippen LogP contribution in [0.5, 0.6) is 0 Å². The summed E-state index contributed by atoms with van der Waals surface area (Å²) in [4.78, 5) is 20.7. The summed E-state index contributed by atoms with van der Waals surface area (Å²) >= 11 is 0. The second-order valence-electron chi connectivity index (χ2n) is 2.52. The normalized spacial score (nSPS) is 14.9. The van der Waals surface area contributed by atoms with Gasteiger partial charge in [-0.3, -0.25) is 10.5 Å². The quantitative estimate of drug-likeness (QED) is 0.494. The maximum atomic E-state index is 10.6. The van der Waals surface area contributed by atoms with Crippen molar-refractivity contribution in [3.05, 3.63) is 0 Å². The number of carbonyl (C=O) groups is 2. The fourth-order valence-corrected chi connectivity index (χ4v) is 0.791. The summed E-state index contributed by atoms with van der Waals surface area (Å²) in [6, 6.07) is 0. The largest absolute Gasteiger partial charge is 0.481 e. The Labute approximate surface area is 75.3 Å². The van der Waals surface area contributed by atoms with Gasteiger partial charge in [-0.05, 0) is 6.92 Å². The molecule has 0 radical (unpaired) electrons. The number of hydrogen-bond acceptors (Lipinski definition) is 4. The van der Waals surface area contributed by atoms with E-state index in [2.05, 4.69) is 0 Å². The third kappa shape index (κ3) is 3.86. The van der Waals surface area contributed by atoms with Gasteiger partial charge in [0.15, 0.2) is 0 Å². The molecule has 1 atom stereocenters. The summed E-state index contributed by atoms with van der Waals surface area (Å²) in [7, 11) is 0. The van der Waals surface area contributed by atoms with Crippen LogP contribution in [0.3, 0.4) is 0 Å². The van der Waals surface area contributed by atoms with E-state index in [-0.39, 0.29) is 19.4 Å². The molecule has 0 rings (SSSR count). The summed E-state index contributed by atoms with van der Waals surface area (Å²) in [6.07, 6.45) is -0.575. The molecule has 0 fully saturated rings. The maximum Gasteiger partial charge on any atom is 0.351 e.